The zero-order valence-electron chi connectivity index (χ0n) is 56.2. The van der Waals surface area contributed by atoms with Crippen LogP contribution in [0.3, 0.4) is 0 Å². The van der Waals surface area contributed by atoms with Gasteiger partial charge in [0.25, 0.3) is 0 Å². The van der Waals surface area contributed by atoms with E-state index in [-0.39, 0.29) is 83.0 Å². The Bertz CT molecular complexity index is 2510. The Morgan fingerprint density at radius 3 is 1.77 bits per heavy atom. The summed E-state index contributed by atoms with van der Waals surface area (Å²) in [5.74, 6) is -8.27. The van der Waals surface area contributed by atoms with Gasteiger partial charge >= 0.3 is 11.9 Å². The Balaban J connectivity index is 1.75. The number of rotatable bonds is 25. The number of aliphatic carboxylic acids is 1. The average Bonchev–Trinajstić information content (AvgIpc) is 0.793. The summed E-state index contributed by atoms with van der Waals surface area (Å²) in [5.41, 5.74) is 2.90. The van der Waals surface area contributed by atoms with Crippen molar-refractivity contribution in [2.24, 2.45) is 23.5 Å². The van der Waals surface area contributed by atoms with Crippen molar-refractivity contribution < 1.29 is 118 Å². The molecule has 1 amide bonds. The second-order valence-corrected chi connectivity index (χ2v) is 25.6. The molecule has 0 aromatic heterocycles. The number of amides is 1. The van der Waals surface area contributed by atoms with Gasteiger partial charge in [0, 0.05) is 50.6 Å². The van der Waals surface area contributed by atoms with Gasteiger partial charge < -0.3 is 105 Å². The van der Waals surface area contributed by atoms with Crippen LogP contribution in [-0.2, 0) is 61.9 Å². The summed E-state index contributed by atoms with van der Waals surface area (Å²) in [6.45, 7) is 13.9. The van der Waals surface area contributed by atoms with E-state index in [1.165, 1.54) is 26.8 Å². The van der Waals surface area contributed by atoms with E-state index in [1.807, 2.05) is 6.92 Å². The lowest BCUT2D eigenvalue weighted by atomic mass is 9.82. The number of Topliss-reactive ketones (excluding diaryl/α,β-unsaturated/α-hetero) is 2. The molecule has 0 saturated carbocycles. The molecular weight excluding hydrogens is 1240 g/mol. The van der Waals surface area contributed by atoms with E-state index in [0.29, 0.717) is 19.8 Å². The SMILES string of the molecule is CC1O[C@@H](O[C@H]2/C=C/C=C/C=C/C=C/C=C/C=C/C=C/[C@H](C)[C@@H](O)[C@H](C)[C@@H](C)OC(=O)C[C@H](O)C[C@H](O)CC[C@@H](O)[C@H](O)C[C@H](O)C[C@]3(O)C[C@H](O)[C@@H](C(=O)O)[C@H](C2)O3)C(O)C(NC(C)(C)C(=O)COCCOCCNC(=O)CNC(C)(C)C(=O)COCCOCCN)[C@@H]1O. The third kappa shape index (κ3) is 31.7. The van der Waals surface area contributed by atoms with Crippen LogP contribution < -0.4 is 21.7 Å². The molecule has 0 aromatic rings. The van der Waals surface area contributed by atoms with E-state index < -0.39 is 177 Å². The minimum absolute atomic E-state index is 0.0112. The number of esters is 1. The predicted molar refractivity (Wildman–Crippen MR) is 347 cm³/mol. The Morgan fingerprint density at radius 2 is 1.18 bits per heavy atom. The number of carboxylic acid groups (broad SMARTS) is 1. The van der Waals surface area contributed by atoms with Crippen molar-refractivity contribution in [1.29, 1.82) is 0 Å². The second kappa shape index (κ2) is 43.5. The molecule has 0 aromatic carbocycles. The minimum atomic E-state index is -2.42. The average molecular weight is 1360 g/mol. The Hall–Kier alpha value is -4.87. The maximum atomic E-state index is 13.6. The number of allylic oxidation sites excluding steroid dienone is 12. The molecule has 19 atom stereocenters. The summed E-state index contributed by atoms with van der Waals surface area (Å²) in [7, 11) is 0. The predicted octanol–water partition coefficient (Wildman–Crippen LogP) is -0.231. The number of carbonyl (C=O) groups is 5. The highest BCUT2D eigenvalue weighted by molar-refractivity contribution is 5.90. The minimum Gasteiger partial charge on any atom is -0.481 e. The normalized spacial score (nSPS) is 35.1. The number of nitrogens with one attached hydrogen (secondary N) is 3. The third-order valence-electron chi connectivity index (χ3n) is 16.6. The number of hydrogen-bond donors (Lipinski definition) is 15. The molecule has 3 unspecified atom stereocenters. The van der Waals surface area contributed by atoms with Gasteiger partial charge in [-0.25, -0.2) is 0 Å². The van der Waals surface area contributed by atoms with Gasteiger partial charge in [-0.1, -0.05) is 98.9 Å². The summed E-state index contributed by atoms with van der Waals surface area (Å²) < 4.78 is 45.6. The maximum absolute atomic E-state index is 13.6. The summed E-state index contributed by atoms with van der Waals surface area (Å²) in [5, 5.41) is 131. The third-order valence-corrected chi connectivity index (χ3v) is 16.6. The highest BCUT2D eigenvalue weighted by Crippen LogP contribution is 2.38. The van der Waals surface area contributed by atoms with Gasteiger partial charge in [0.2, 0.25) is 5.91 Å². The molecule has 3 aliphatic heterocycles. The zero-order valence-corrected chi connectivity index (χ0v) is 56.2. The fourth-order valence-electron chi connectivity index (χ4n) is 10.5. The molecule has 2 saturated heterocycles. The van der Waals surface area contributed by atoms with Crippen LogP contribution in [0, 0.1) is 17.8 Å². The number of ether oxygens (including phenoxy) is 8. The van der Waals surface area contributed by atoms with Crippen molar-refractivity contribution in [1.82, 2.24) is 16.0 Å². The molecule has 28 nitrogen and oxygen atoms in total. The molecule has 16 N–H and O–H groups in total. The molecule has 2 bridgehead atoms. The molecule has 0 spiro atoms. The number of carboxylic acids is 1. The van der Waals surface area contributed by atoms with E-state index in [2.05, 4.69) is 16.0 Å². The summed E-state index contributed by atoms with van der Waals surface area (Å²) in [6.07, 6.45) is 1.24. The molecule has 0 aliphatic carbocycles. The highest BCUT2D eigenvalue weighted by Gasteiger charge is 2.52. The van der Waals surface area contributed by atoms with Crippen molar-refractivity contribution in [2.45, 2.75) is 215 Å². The zero-order chi connectivity index (χ0) is 70.9. The van der Waals surface area contributed by atoms with Gasteiger partial charge in [-0.2, -0.15) is 0 Å². The van der Waals surface area contributed by atoms with Crippen molar-refractivity contribution in [2.75, 3.05) is 72.5 Å². The second-order valence-electron chi connectivity index (χ2n) is 25.6. The van der Waals surface area contributed by atoms with Crippen molar-refractivity contribution in [3.05, 3.63) is 85.1 Å². The lowest BCUT2D eigenvalue weighted by Crippen LogP contribution is -2.68. The van der Waals surface area contributed by atoms with Crippen LogP contribution in [-0.4, -0.2) is 267 Å². The van der Waals surface area contributed by atoms with Gasteiger partial charge in [0.15, 0.2) is 23.6 Å². The van der Waals surface area contributed by atoms with Crippen molar-refractivity contribution >= 4 is 29.4 Å². The van der Waals surface area contributed by atoms with Gasteiger partial charge in [-0.15, -0.1) is 0 Å². The first-order valence-electron chi connectivity index (χ1n) is 32.6. The van der Waals surface area contributed by atoms with Gasteiger partial charge in [0.1, 0.15) is 31.3 Å². The van der Waals surface area contributed by atoms with Crippen LogP contribution >= 0.6 is 0 Å². The van der Waals surface area contributed by atoms with Crippen LogP contribution in [0.1, 0.15) is 107 Å². The number of ketones is 2. The number of aliphatic hydroxyl groups excluding tert-OH is 9. The maximum Gasteiger partial charge on any atom is 0.311 e. The smallest absolute Gasteiger partial charge is 0.311 e. The number of aliphatic hydroxyl groups is 10. The quantitative estimate of drug-likeness (QED) is 0.0415. The first-order chi connectivity index (χ1) is 44.8. The number of carbonyl (C=O) groups excluding carboxylic acids is 4. The van der Waals surface area contributed by atoms with E-state index in [0.717, 1.165) is 0 Å². The largest absolute Gasteiger partial charge is 0.481 e. The van der Waals surface area contributed by atoms with Crippen LogP contribution in [0.15, 0.2) is 85.1 Å². The molecular formula is C67H110N4O24. The highest BCUT2D eigenvalue weighted by atomic mass is 16.7. The fourth-order valence-corrected chi connectivity index (χ4v) is 10.5. The number of nitrogens with two attached hydrogens (primary N) is 1. The van der Waals surface area contributed by atoms with Crippen LogP contribution in [0.5, 0.6) is 0 Å². The van der Waals surface area contributed by atoms with E-state index in [1.54, 1.807) is 107 Å². The number of cyclic esters (lactones) is 1. The van der Waals surface area contributed by atoms with Crippen molar-refractivity contribution in [3.63, 3.8) is 0 Å². The molecule has 95 heavy (non-hydrogen) atoms. The molecule has 2 fully saturated rings. The van der Waals surface area contributed by atoms with Crippen LogP contribution in [0.4, 0.5) is 0 Å². The fraction of sp³-hybridized carbons (Fsp3) is 0.716. The summed E-state index contributed by atoms with van der Waals surface area (Å²) in [4.78, 5) is 64.3. The first kappa shape index (κ1) is 84.4. The van der Waals surface area contributed by atoms with Crippen LogP contribution in [0.2, 0.25) is 0 Å². The Morgan fingerprint density at radius 1 is 0.621 bits per heavy atom. The summed E-state index contributed by atoms with van der Waals surface area (Å²) in [6, 6.07) is -1.28. The molecule has 0 radical (unpaired) electrons. The van der Waals surface area contributed by atoms with E-state index in [9.17, 15) is 80.1 Å². The first-order valence-corrected chi connectivity index (χ1v) is 32.6. The van der Waals surface area contributed by atoms with Gasteiger partial charge in [-0.05, 0) is 60.8 Å². The monoisotopic (exact) mass is 1350 g/mol. The van der Waals surface area contributed by atoms with Crippen molar-refractivity contribution in [3.8, 4) is 0 Å². The van der Waals surface area contributed by atoms with Crippen LogP contribution in [0.25, 0.3) is 0 Å². The summed E-state index contributed by atoms with van der Waals surface area (Å²) >= 11 is 0. The van der Waals surface area contributed by atoms with Gasteiger partial charge in [-0.3, -0.25) is 34.6 Å². The molecule has 28 heteroatoms. The van der Waals surface area contributed by atoms with E-state index in [4.69, 9.17) is 43.6 Å². The Kier molecular flexibility index (Phi) is 38.6. The number of hydrogen-bond acceptors (Lipinski definition) is 26. The Labute approximate surface area is 557 Å². The van der Waals surface area contributed by atoms with E-state index >= 15 is 0 Å². The molecule has 3 aliphatic rings. The van der Waals surface area contributed by atoms with Gasteiger partial charge in [0.05, 0.1) is 137 Å². The molecule has 3 rings (SSSR count). The topological polar surface area (TPSA) is 444 Å². The number of fused-ring (bicyclic) bond motifs is 2. The standard InChI is InChI=1S/C67H110N4O24/c1-42-21-19-17-15-13-11-9-10-12-14-16-18-20-22-49(36-53-58(63(85)86)52(77)38-67(87,95-53)37-48(74)34-51(76)50(75)24-23-46(72)33-47(73)35-57(81)92-44(3)43(2)60(42)82)94-64-62(84)59(61(83)45(4)93-64)71-66(7,8)55(79)41-91-32-30-89-28-26-69-56(80)39-70-65(5,6)54(78)40-90-31-29-88-27-25-68/h9-22,42-53,58-62,64,70-77,82-84,87H,23-41,68H2,1-8H3,(H,69,80)(H,85,86)/b10-9+,13-11+,14-12+,17-15+,18-16+,21-19+,22-20+/t42-,43+,44+,45?,46+,47+,48-,49-,50+,51+,52-,53-,58+,59?,60+,61+,62?,64-,67+/m0/s1. The molecule has 3 heterocycles. The molecule has 542 valence electrons. The lowest BCUT2D eigenvalue weighted by Gasteiger charge is -2.46. The lowest BCUT2D eigenvalue weighted by molar-refractivity contribution is -0.309.